The molecule has 0 aliphatic rings. The highest BCUT2D eigenvalue weighted by Gasteiger charge is 1.99. The Balaban J connectivity index is 3.54. The average molecular weight is 187 g/mol. The van der Waals surface area contributed by atoms with E-state index in [-0.39, 0.29) is 6.10 Å². The number of ether oxygens (including phenoxy) is 1. The minimum Gasteiger partial charge on any atom is -0.464 e. The van der Waals surface area contributed by atoms with Crippen molar-refractivity contribution in [2.24, 2.45) is 0 Å². The van der Waals surface area contributed by atoms with Crippen LogP contribution in [0.5, 0.6) is 0 Å². The van der Waals surface area contributed by atoms with Gasteiger partial charge in [-0.3, -0.25) is 0 Å². The molecule has 12 heavy (non-hydrogen) atoms. The summed E-state index contributed by atoms with van der Waals surface area (Å²) in [4.78, 5) is 0. The predicted molar refractivity (Wildman–Crippen MR) is 56.3 cm³/mol. The van der Waals surface area contributed by atoms with E-state index in [1.807, 2.05) is 26.0 Å². The Labute approximate surface area is 80.0 Å². The molecule has 0 saturated carbocycles. The van der Waals surface area contributed by atoms with Crippen molar-refractivity contribution in [3.8, 4) is 0 Å². The molecule has 0 bridgehead atoms. The van der Waals surface area contributed by atoms with Gasteiger partial charge in [0.15, 0.2) is 0 Å². The number of rotatable bonds is 4. The molecule has 1 N–H and O–H groups in total. The first-order valence-corrected chi connectivity index (χ1v) is 4.68. The van der Waals surface area contributed by atoms with E-state index in [0.717, 1.165) is 13.0 Å². The maximum absolute atomic E-state index is 5.33. The Bertz CT molecular complexity index is 157. The lowest BCUT2D eigenvalue weighted by Gasteiger charge is -2.12. The van der Waals surface area contributed by atoms with E-state index in [2.05, 4.69) is 12.2 Å². The van der Waals surface area contributed by atoms with Crippen molar-refractivity contribution >= 4 is 17.4 Å². The van der Waals surface area contributed by atoms with Crippen LogP contribution >= 0.6 is 12.2 Å². The molecule has 0 aromatic carbocycles. The predicted octanol–water partition coefficient (Wildman–Crippen LogP) is 2.25. The zero-order valence-electron chi connectivity index (χ0n) is 7.96. The van der Waals surface area contributed by atoms with Gasteiger partial charge in [0.2, 0.25) is 0 Å². The molecule has 1 unspecified atom stereocenters. The van der Waals surface area contributed by atoms with E-state index in [0.29, 0.717) is 5.17 Å². The lowest BCUT2D eigenvalue weighted by atomic mass is 10.4. The summed E-state index contributed by atoms with van der Waals surface area (Å²) in [5.41, 5.74) is 0. The fourth-order valence-electron chi connectivity index (χ4n) is 0.748. The van der Waals surface area contributed by atoms with Crippen LogP contribution in [0, 0.1) is 0 Å². The first kappa shape index (κ1) is 11.4. The lowest BCUT2D eigenvalue weighted by Crippen LogP contribution is -2.27. The molecular weight excluding hydrogens is 170 g/mol. The Morgan fingerprint density at radius 2 is 2.33 bits per heavy atom. The van der Waals surface area contributed by atoms with Gasteiger partial charge in [-0.25, -0.2) is 0 Å². The highest BCUT2D eigenvalue weighted by molar-refractivity contribution is 7.80. The van der Waals surface area contributed by atoms with E-state index < -0.39 is 0 Å². The third-order valence-electron chi connectivity index (χ3n) is 1.28. The van der Waals surface area contributed by atoms with Crippen LogP contribution in [-0.4, -0.2) is 17.8 Å². The first-order chi connectivity index (χ1) is 5.70. The Morgan fingerprint density at radius 1 is 1.67 bits per heavy atom. The van der Waals surface area contributed by atoms with Crippen molar-refractivity contribution < 1.29 is 4.74 Å². The average Bonchev–Trinajstić information content (AvgIpc) is 2.01. The van der Waals surface area contributed by atoms with Gasteiger partial charge in [0.25, 0.3) is 5.17 Å². The van der Waals surface area contributed by atoms with Crippen LogP contribution in [0.15, 0.2) is 12.2 Å². The van der Waals surface area contributed by atoms with Crippen LogP contribution in [0.3, 0.4) is 0 Å². The van der Waals surface area contributed by atoms with Gasteiger partial charge in [-0.1, -0.05) is 13.0 Å². The molecular formula is C9H17NOS. The van der Waals surface area contributed by atoms with Crippen molar-refractivity contribution in [3.05, 3.63) is 12.2 Å². The van der Waals surface area contributed by atoms with Crippen molar-refractivity contribution in [2.45, 2.75) is 33.3 Å². The van der Waals surface area contributed by atoms with Crippen LogP contribution in [0.25, 0.3) is 0 Å². The molecule has 0 aliphatic heterocycles. The number of nitrogens with one attached hydrogen (secondary N) is 1. The van der Waals surface area contributed by atoms with Gasteiger partial charge in [0.1, 0.15) is 6.10 Å². The summed E-state index contributed by atoms with van der Waals surface area (Å²) in [5.74, 6) is 0. The minimum atomic E-state index is 0.0619. The molecule has 0 radical (unpaired) electrons. The minimum absolute atomic E-state index is 0.0619. The van der Waals surface area contributed by atoms with Crippen LogP contribution in [0.2, 0.25) is 0 Å². The summed E-state index contributed by atoms with van der Waals surface area (Å²) >= 11 is 4.94. The SMILES string of the molecule is C/C=C/C(C)OC(=S)NCCC. The molecule has 0 aromatic heterocycles. The third kappa shape index (κ3) is 6.16. The number of hydrogen-bond donors (Lipinski definition) is 1. The van der Waals surface area contributed by atoms with Gasteiger partial charge < -0.3 is 10.1 Å². The van der Waals surface area contributed by atoms with Gasteiger partial charge in [-0.05, 0) is 38.6 Å². The highest BCUT2D eigenvalue weighted by atomic mass is 32.1. The van der Waals surface area contributed by atoms with Crippen LogP contribution < -0.4 is 5.32 Å². The normalized spacial score (nSPS) is 12.9. The second kappa shape index (κ2) is 7.10. The molecule has 0 amide bonds. The highest BCUT2D eigenvalue weighted by Crippen LogP contribution is 1.93. The van der Waals surface area contributed by atoms with Crippen LogP contribution in [0.4, 0.5) is 0 Å². The molecule has 0 spiro atoms. The molecule has 0 aromatic rings. The van der Waals surface area contributed by atoms with E-state index in [1.54, 1.807) is 0 Å². The first-order valence-electron chi connectivity index (χ1n) is 4.28. The maximum atomic E-state index is 5.33. The summed E-state index contributed by atoms with van der Waals surface area (Å²) in [7, 11) is 0. The Morgan fingerprint density at radius 3 is 2.83 bits per heavy atom. The van der Waals surface area contributed by atoms with Crippen molar-refractivity contribution in [2.75, 3.05) is 6.54 Å². The van der Waals surface area contributed by atoms with Gasteiger partial charge in [0, 0.05) is 6.54 Å². The summed E-state index contributed by atoms with van der Waals surface area (Å²) in [6, 6.07) is 0. The second-order valence-corrected chi connectivity index (χ2v) is 2.93. The molecule has 0 rings (SSSR count). The summed E-state index contributed by atoms with van der Waals surface area (Å²) in [6.07, 6.45) is 5.03. The third-order valence-corrected chi connectivity index (χ3v) is 1.52. The maximum Gasteiger partial charge on any atom is 0.257 e. The monoisotopic (exact) mass is 187 g/mol. The van der Waals surface area contributed by atoms with E-state index in [1.165, 1.54) is 0 Å². The largest absolute Gasteiger partial charge is 0.464 e. The van der Waals surface area contributed by atoms with Gasteiger partial charge >= 0.3 is 0 Å². The lowest BCUT2D eigenvalue weighted by molar-refractivity contribution is 0.251. The number of thiocarbonyl (C=S) groups is 1. The van der Waals surface area contributed by atoms with E-state index >= 15 is 0 Å². The molecule has 2 nitrogen and oxygen atoms in total. The summed E-state index contributed by atoms with van der Waals surface area (Å²) in [5, 5.41) is 3.49. The molecule has 1 atom stereocenters. The topological polar surface area (TPSA) is 21.3 Å². The van der Waals surface area contributed by atoms with Crippen molar-refractivity contribution in [3.63, 3.8) is 0 Å². The van der Waals surface area contributed by atoms with Crippen LogP contribution in [-0.2, 0) is 4.74 Å². The fraction of sp³-hybridized carbons (Fsp3) is 0.667. The summed E-state index contributed by atoms with van der Waals surface area (Å²) < 4.78 is 5.33. The fourth-order valence-corrected chi connectivity index (χ4v) is 1.00. The van der Waals surface area contributed by atoms with E-state index in [9.17, 15) is 0 Å². The standard InChI is InChI=1S/C9H17NOS/c1-4-6-8(3)11-9(12)10-7-5-2/h4,6,8H,5,7H2,1-3H3,(H,10,12)/b6-4+. The van der Waals surface area contributed by atoms with Gasteiger partial charge in [-0.2, -0.15) is 0 Å². The van der Waals surface area contributed by atoms with Gasteiger partial charge in [0.05, 0.1) is 0 Å². The molecule has 0 heterocycles. The zero-order valence-corrected chi connectivity index (χ0v) is 8.78. The summed E-state index contributed by atoms with van der Waals surface area (Å²) in [6.45, 7) is 6.88. The molecule has 3 heteroatoms. The zero-order chi connectivity index (χ0) is 9.40. The molecule has 0 saturated heterocycles. The van der Waals surface area contributed by atoms with E-state index in [4.69, 9.17) is 17.0 Å². The Kier molecular flexibility index (Phi) is 6.76. The molecule has 70 valence electrons. The van der Waals surface area contributed by atoms with Crippen molar-refractivity contribution in [1.82, 2.24) is 5.32 Å². The van der Waals surface area contributed by atoms with Gasteiger partial charge in [-0.15, -0.1) is 0 Å². The molecule has 0 fully saturated rings. The van der Waals surface area contributed by atoms with Crippen LogP contribution in [0.1, 0.15) is 27.2 Å². The second-order valence-electron chi connectivity index (χ2n) is 2.56. The molecule has 0 aliphatic carbocycles. The number of allylic oxidation sites excluding steroid dienone is 1. The number of hydrogen-bond acceptors (Lipinski definition) is 2. The quantitative estimate of drug-likeness (QED) is 0.539. The Hall–Kier alpha value is -0.570. The smallest absolute Gasteiger partial charge is 0.257 e. The van der Waals surface area contributed by atoms with Crippen molar-refractivity contribution in [1.29, 1.82) is 0 Å².